The molecule has 0 atom stereocenters. The number of methoxy groups -OCH3 is 1. The molecule has 29 heavy (non-hydrogen) atoms. The molecule has 1 aromatic carbocycles. The molecular weight excluding hydrogens is 370 g/mol. The molecule has 0 radical (unpaired) electrons. The molecule has 0 unspecified atom stereocenters. The highest BCUT2D eigenvalue weighted by atomic mass is 16.5. The van der Waals surface area contributed by atoms with Gasteiger partial charge in [0.05, 0.1) is 19.3 Å². The Balaban J connectivity index is 1.93. The van der Waals surface area contributed by atoms with Gasteiger partial charge < -0.3 is 24.8 Å². The molecule has 2 N–H and O–H groups in total. The van der Waals surface area contributed by atoms with Gasteiger partial charge in [0.2, 0.25) is 5.91 Å². The first-order valence-corrected chi connectivity index (χ1v) is 9.69. The second-order valence-electron chi connectivity index (χ2n) is 7.20. The fourth-order valence-electron chi connectivity index (χ4n) is 2.44. The van der Waals surface area contributed by atoms with E-state index in [4.69, 9.17) is 9.26 Å². The molecule has 0 aliphatic rings. The van der Waals surface area contributed by atoms with Crippen LogP contribution in [0.3, 0.4) is 0 Å². The number of nitrogens with zero attached hydrogens (tertiary/aromatic N) is 3. The first kappa shape index (κ1) is 22.3. The van der Waals surface area contributed by atoms with E-state index in [0.717, 1.165) is 23.6 Å². The minimum atomic E-state index is -0.0667. The van der Waals surface area contributed by atoms with Crippen LogP contribution in [0, 0.1) is 0 Å². The number of aromatic nitrogens is 1. The summed E-state index contributed by atoms with van der Waals surface area (Å²) in [5.74, 6) is 2.35. The minimum Gasteiger partial charge on any atom is -0.497 e. The molecule has 2 rings (SSSR count). The Bertz CT molecular complexity index is 797. The Morgan fingerprint density at radius 1 is 1.24 bits per heavy atom. The number of aliphatic imine (C=N–C) groups is 1. The number of likely N-dealkylation sites (N-methyl/N-ethyl adjacent to an activating group) is 1. The van der Waals surface area contributed by atoms with Gasteiger partial charge in [0.15, 0.2) is 11.7 Å². The molecule has 1 heterocycles. The van der Waals surface area contributed by atoms with E-state index in [0.29, 0.717) is 25.0 Å². The van der Waals surface area contributed by atoms with E-state index in [1.54, 1.807) is 21.2 Å². The van der Waals surface area contributed by atoms with E-state index in [1.807, 2.05) is 30.3 Å². The molecule has 2 aromatic rings. The van der Waals surface area contributed by atoms with Crippen molar-refractivity contribution in [1.29, 1.82) is 0 Å². The maximum atomic E-state index is 11.9. The van der Waals surface area contributed by atoms with Crippen molar-refractivity contribution in [3.05, 3.63) is 47.3 Å². The van der Waals surface area contributed by atoms with Crippen molar-refractivity contribution in [3.63, 3.8) is 0 Å². The number of rotatable bonds is 9. The predicted molar refractivity (Wildman–Crippen MR) is 113 cm³/mol. The average molecular weight is 402 g/mol. The molecule has 0 bridgehead atoms. The smallest absolute Gasteiger partial charge is 0.243 e. The molecule has 1 aromatic heterocycles. The molecule has 8 heteroatoms. The Hall–Kier alpha value is -3.03. The summed E-state index contributed by atoms with van der Waals surface area (Å²) in [5, 5.41) is 10.5. The van der Waals surface area contributed by atoms with Gasteiger partial charge in [-0.1, -0.05) is 31.1 Å². The van der Waals surface area contributed by atoms with E-state index in [9.17, 15) is 4.79 Å². The molecular formula is C21H31N5O3. The monoisotopic (exact) mass is 401 g/mol. The van der Waals surface area contributed by atoms with E-state index >= 15 is 0 Å². The molecule has 0 spiro atoms. The van der Waals surface area contributed by atoms with Crippen LogP contribution in [-0.4, -0.2) is 56.2 Å². The van der Waals surface area contributed by atoms with Gasteiger partial charge in [-0.25, -0.2) is 4.99 Å². The van der Waals surface area contributed by atoms with Crippen molar-refractivity contribution in [2.45, 2.75) is 32.7 Å². The second kappa shape index (κ2) is 11.1. The topological polar surface area (TPSA) is 92.0 Å². The zero-order valence-corrected chi connectivity index (χ0v) is 17.9. The molecule has 0 aliphatic carbocycles. The van der Waals surface area contributed by atoms with Crippen LogP contribution in [0.15, 0.2) is 39.8 Å². The predicted octanol–water partition coefficient (Wildman–Crippen LogP) is 2.17. The highest BCUT2D eigenvalue weighted by molar-refractivity contribution is 5.84. The minimum absolute atomic E-state index is 0.0667. The van der Waals surface area contributed by atoms with Crippen LogP contribution in [-0.2, 0) is 17.8 Å². The van der Waals surface area contributed by atoms with E-state index < -0.39 is 0 Å². The fourth-order valence-corrected chi connectivity index (χ4v) is 2.44. The Labute approximate surface area is 172 Å². The number of benzene rings is 1. The van der Waals surface area contributed by atoms with Crippen LogP contribution in [0.4, 0.5) is 0 Å². The summed E-state index contributed by atoms with van der Waals surface area (Å²) in [6, 6.07) is 9.87. The van der Waals surface area contributed by atoms with Crippen molar-refractivity contribution in [2.24, 2.45) is 4.99 Å². The van der Waals surface area contributed by atoms with Crippen molar-refractivity contribution in [2.75, 3.05) is 34.3 Å². The third-order valence-electron chi connectivity index (χ3n) is 4.34. The Kier molecular flexibility index (Phi) is 8.51. The zero-order valence-electron chi connectivity index (χ0n) is 17.9. The molecule has 1 amide bonds. The zero-order chi connectivity index (χ0) is 21.2. The first-order chi connectivity index (χ1) is 13.9. The van der Waals surface area contributed by atoms with Gasteiger partial charge in [-0.15, -0.1) is 0 Å². The lowest BCUT2D eigenvalue weighted by Gasteiger charge is -2.13. The molecule has 0 fully saturated rings. The molecule has 158 valence electrons. The van der Waals surface area contributed by atoms with E-state index in [2.05, 4.69) is 34.6 Å². The number of nitrogens with one attached hydrogen (secondary N) is 2. The largest absolute Gasteiger partial charge is 0.497 e. The SMILES string of the molecule is COc1ccc(CCNC(=NCC(=O)N(C)C)NCc2cc(C(C)C)no2)cc1. The van der Waals surface area contributed by atoms with Crippen molar-refractivity contribution in [3.8, 4) is 5.75 Å². The van der Waals surface area contributed by atoms with Crippen LogP contribution in [0.5, 0.6) is 5.75 Å². The number of carbonyl (C=O) groups is 1. The Morgan fingerprint density at radius 2 is 1.97 bits per heavy atom. The molecule has 0 aliphatic heterocycles. The van der Waals surface area contributed by atoms with Crippen molar-refractivity contribution < 1.29 is 14.1 Å². The summed E-state index contributed by atoms with van der Waals surface area (Å²) in [4.78, 5) is 17.8. The summed E-state index contributed by atoms with van der Waals surface area (Å²) in [6.45, 7) is 5.30. The van der Waals surface area contributed by atoms with Gasteiger partial charge in [0, 0.05) is 26.7 Å². The van der Waals surface area contributed by atoms with Gasteiger partial charge in [0.25, 0.3) is 0 Å². The number of carbonyl (C=O) groups excluding carboxylic acids is 1. The van der Waals surface area contributed by atoms with E-state index in [-0.39, 0.29) is 12.5 Å². The highest BCUT2D eigenvalue weighted by Crippen LogP contribution is 2.14. The molecule has 0 saturated carbocycles. The van der Waals surface area contributed by atoms with Gasteiger partial charge in [0.1, 0.15) is 12.3 Å². The summed E-state index contributed by atoms with van der Waals surface area (Å²) in [5.41, 5.74) is 2.09. The molecule has 8 nitrogen and oxygen atoms in total. The van der Waals surface area contributed by atoms with Crippen molar-refractivity contribution in [1.82, 2.24) is 20.7 Å². The quantitative estimate of drug-likeness (QED) is 0.494. The van der Waals surface area contributed by atoms with Crippen LogP contribution >= 0.6 is 0 Å². The Morgan fingerprint density at radius 3 is 2.55 bits per heavy atom. The van der Waals surface area contributed by atoms with Gasteiger partial charge in [-0.3, -0.25) is 4.79 Å². The maximum Gasteiger partial charge on any atom is 0.243 e. The summed E-state index contributed by atoms with van der Waals surface area (Å²) in [6.07, 6.45) is 0.812. The summed E-state index contributed by atoms with van der Waals surface area (Å²) >= 11 is 0. The third kappa shape index (κ3) is 7.48. The van der Waals surface area contributed by atoms with Gasteiger partial charge in [-0.05, 0) is 30.0 Å². The second-order valence-corrected chi connectivity index (χ2v) is 7.20. The van der Waals surface area contributed by atoms with Crippen molar-refractivity contribution >= 4 is 11.9 Å². The fraction of sp³-hybridized carbons (Fsp3) is 0.476. The molecule has 0 saturated heterocycles. The van der Waals surface area contributed by atoms with Crippen LogP contribution < -0.4 is 15.4 Å². The van der Waals surface area contributed by atoms with Crippen LogP contribution in [0.2, 0.25) is 0 Å². The van der Waals surface area contributed by atoms with Crippen LogP contribution in [0.25, 0.3) is 0 Å². The number of ether oxygens (including phenoxy) is 1. The van der Waals surface area contributed by atoms with E-state index in [1.165, 1.54) is 10.5 Å². The number of guanidine groups is 1. The lowest BCUT2D eigenvalue weighted by atomic mass is 10.1. The number of amides is 1. The van der Waals surface area contributed by atoms with Gasteiger partial charge >= 0.3 is 0 Å². The lowest BCUT2D eigenvalue weighted by molar-refractivity contribution is -0.127. The van der Waals surface area contributed by atoms with Gasteiger partial charge in [-0.2, -0.15) is 0 Å². The van der Waals surface area contributed by atoms with Crippen LogP contribution in [0.1, 0.15) is 36.8 Å². The third-order valence-corrected chi connectivity index (χ3v) is 4.34. The highest BCUT2D eigenvalue weighted by Gasteiger charge is 2.09. The average Bonchev–Trinajstić information content (AvgIpc) is 3.19. The number of hydrogen-bond acceptors (Lipinski definition) is 5. The first-order valence-electron chi connectivity index (χ1n) is 9.69. The number of hydrogen-bond donors (Lipinski definition) is 2. The lowest BCUT2D eigenvalue weighted by Crippen LogP contribution is -2.39. The maximum absolute atomic E-state index is 11.9. The summed E-state index contributed by atoms with van der Waals surface area (Å²) in [7, 11) is 5.08. The standard InChI is InChI=1S/C21H31N5O3/c1-15(2)19-12-18(29-25-19)13-23-21(24-14-20(27)26(3)4)22-11-10-16-6-8-17(28-5)9-7-16/h6-9,12,15H,10-11,13-14H2,1-5H3,(H2,22,23,24). The normalized spacial score (nSPS) is 11.4. The summed E-state index contributed by atoms with van der Waals surface area (Å²) < 4.78 is 10.5.